The number of allylic oxidation sites excluding steroid dienone is 2. The monoisotopic (exact) mass is 421 g/mol. The Bertz CT molecular complexity index is 1040. The lowest BCUT2D eigenvalue weighted by atomic mass is 9.83. The fraction of sp³-hybridized carbons (Fsp3) is 0.320. The van der Waals surface area contributed by atoms with Crippen molar-refractivity contribution in [1.29, 1.82) is 0 Å². The van der Waals surface area contributed by atoms with Gasteiger partial charge >= 0.3 is 0 Å². The van der Waals surface area contributed by atoms with Crippen molar-refractivity contribution in [3.8, 4) is 11.5 Å². The molecular weight excluding hydrogens is 394 g/mol. The first-order valence-corrected chi connectivity index (χ1v) is 10.3. The molecule has 162 valence electrons. The summed E-state index contributed by atoms with van der Waals surface area (Å²) in [5.41, 5.74) is 2.94. The van der Waals surface area contributed by atoms with Gasteiger partial charge in [-0.2, -0.15) is 0 Å². The first-order chi connectivity index (χ1) is 15.0. The summed E-state index contributed by atoms with van der Waals surface area (Å²) >= 11 is 0. The average Bonchev–Trinajstić information content (AvgIpc) is 2.79. The third-order valence-corrected chi connectivity index (χ3v) is 5.50. The number of carbonyl (C=O) groups excluding carboxylic acids is 3. The van der Waals surface area contributed by atoms with Crippen LogP contribution in [0.4, 0.5) is 0 Å². The van der Waals surface area contributed by atoms with E-state index >= 15 is 0 Å². The van der Waals surface area contributed by atoms with E-state index < -0.39 is 0 Å². The van der Waals surface area contributed by atoms with E-state index in [2.05, 4.69) is 5.32 Å². The van der Waals surface area contributed by atoms with Gasteiger partial charge in [0.15, 0.2) is 23.1 Å². The van der Waals surface area contributed by atoms with Crippen LogP contribution >= 0.6 is 0 Å². The third-order valence-electron chi connectivity index (χ3n) is 5.50. The number of ether oxygens (including phenoxy) is 2. The van der Waals surface area contributed by atoms with Gasteiger partial charge in [0.25, 0.3) is 0 Å². The number of fused-ring (bicyclic) bond motifs is 1. The van der Waals surface area contributed by atoms with Gasteiger partial charge in [0.2, 0.25) is 5.91 Å². The lowest BCUT2D eigenvalue weighted by Crippen LogP contribution is -2.26. The Hall–Kier alpha value is -3.41. The molecule has 0 aliphatic heterocycles. The van der Waals surface area contributed by atoms with Crippen LogP contribution in [0.25, 0.3) is 0 Å². The van der Waals surface area contributed by atoms with Gasteiger partial charge in [-0.05, 0) is 43.9 Å². The van der Waals surface area contributed by atoms with E-state index in [0.29, 0.717) is 66.0 Å². The summed E-state index contributed by atoms with van der Waals surface area (Å²) in [6.45, 7) is 2.19. The molecule has 0 radical (unpaired) electrons. The molecular formula is C25H27NO5. The van der Waals surface area contributed by atoms with Gasteiger partial charge in [-0.15, -0.1) is 0 Å². The zero-order valence-electron chi connectivity index (χ0n) is 18.1. The van der Waals surface area contributed by atoms with Crippen molar-refractivity contribution >= 4 is 17.5 Å². The predicted molar refractivity (Wildman–Crippen MR) is 118 cm³/mol. The molecule has 0 aromatic heterocycles. The fourth-order valence-electron chi connectivity index (χ4n) is 3.75. The van der Waals surface area contributed by atoms with E-state index in [0.717, 1.165) is 5.56 Å². The molecule has 0 saturated heterocycles. The second-order valence-corrected chi connectivity index (χ2v) is 7.45. The normalized spacial score (nSPS) is 13.1. The number of ketones is 2. The first-order valence-electron chi connectivity index (χ1n) is 10.3. The Kier molecular flexibility index (Phi) is 7.23. The lowest BCUT2D eigenvalue weighted by molar-refractivity contribution is -0.121. The molecule has 31 heavy (non-hydrogen) atoms. The summed E-state index contributed by atoms with van der Waals surface area (Å²) in [6.07, 6.45) is 1.88. The summed E-state index contributed by atoms with van der Waals surface area (Å²) in [7, 11) is 3.18. The first kappa shape index (κ1) is 22.3. The number of carbonyl (C=O) groups is 3. The van der Waals surface area contributed by atoms with Crippen molar-refractivity contribution in [2.45, 2.75) is 32.6 Å². The summed E-state index contributed by atoms with van der Waals surface area (Å²) in [4.78, 5) is 37.5. The van der Waals surface area contributed by atoms with Gasteiger partial charge in [-0.1, -0.05) is 30.3 Å². The van der Waals surface area contributed by atoms with E-state index in [9.17, 15) is 14.4 Å². The number of rotatable bonds is 9. The van der Waals surface area contributed by atoms with Crippen molar-refractivity contribution in [2.75, 3.05) is 20.8 Å². The lowest BCUT2D eigenvalue weighted by Gasteiger charge is -2.18. The molecule has 1 amide bonds. The highest BCUT2D eigenvalue weighted by molar-refractivity contribution is 6.26. The van der Waals surface area contributed by atoms with Crippen molar-refractivity contribution in [1.82, 2.24) is 5.32 Å². The highest BCUT2D eigenvalue weighted by Crippen LogP contribution is 2.29. The van der Waals surface area contributed by atoms with Crippen LogP contribution in [0.3, 0.4) is 0 Å². The molecule has 0 atom stereocenters. The summed E-state index contributed by atoms with van der Waals surface area (Å²) in [5.74, 6) is 1.03. The van der Waals surface area contributed by atoms with E-state index in [1.54, 1.807) is 45.4 Å². The van der Waals surface area contributed by atoms with Crippen LogP contribution < -0.4 is 14.8 Å². The maximum Gasteiger partial charge on any atom is 0.220 e. The van der Waals surface area contributed by atoms with E-state index in [1.807, 2.05) is 18.2 Å². The zero-order valence-corrected chi connectivity index (χ0v) is 18.1. The maximum absolute atomic E-state index is 12.7. The van der Waals surface area contributed by atoms with Crippen molar-refractivity contribution in [3.05, 3.63) is 70.3 Å². The molecule has 2 aromatic carbocycles. The molecule has 3 rings (SSSR count). The smallest absolute Gasteiger partial charge is 0.220 e. The number of Topliss-reactive ketones (excluding diaryl/α,β-unsaturated/α-hetero) is 2. The number of methoxy groups -OCH3 is 2. The molecule has 6 nitrogen and oxygen atoms in total. The topological polar surface area (TPSA) is 81.7 Å². The predicted octanol–water partition coefficient (Wildman–Crippen LogP) is 3.93. The van der Waals surface area contributed by atoms with E-state index in [4.69, 9.17) is 9.47 Å². The molecule has 0 bridgehead atoms. The highest BCUT2D eigenvalue weighted by atomic mass is 16.5. The number of benzene rings is 2. The highest BCUT2D eigenvalue weighted by Gasteiger charge is 2.28. The summed E-state index contributed by atoms with van der Waals surface area (Å²) in [6, 6.07) is 12.6. The van der Waals surface area contributed by atoms with E-state index in [-0.39, 0.29) is 17.5 Å². The van der Waals surface area contributed by atoms with Crippen molar-refractivity contribution in [2.24, 2.45) is 0 Å². The fourth-order valence-corrected chi connectivity index (χ4v) is 3.75. The zero-order chi connectivity index (χ0) is 22.4. The largest absolute Gasteiger partial charge is 0.493 e. The molecule has 1 N–H and O–H groups in total. The van der Waals surface area contributed by atoms with Crippen molar-refractivity contribution < 1.29 is 23.9 Å². The van der Waals surface area contributed by atoms with Gasteiger partial charge < -0.3 is 14.8 Å². The second-order valence-electron chi connectivity index (χ2n) is 7.45. The van der Waals surface area contributed by atoms with Crippen LogP contribution in [0.15, 0.2) is 53.6 Å². The van der Waals surface area contributed by atoms with Gasteiger partial charge in [0.1, 0.15) is 0 Å². The summed E-state index contributed by atoms with van der Waals surface area (Å²) in [5, 5.41) is 2.90. The molecule has 0 unspecified atom stereocenters. The minimum atomic E-state index is -0.110. The number of nitrogens with one attached hydrogen (secondary N) is 1. The van der Waals surface area contributed by atoms with E-state index in [1.165, 1.54) is 0 Å². The molecule has 1 aliphatic carbocycles. The maximum atomic E-state index is 12.7. The van der Waals surface area contributed by atoms with Crippen LogP contribution in [0.2, 0.25) is 0 Å². The van der Waals surface area contributed by atoms with Crippen LogP contribution in [-0.4, -0.2) is 38.2 Å². The van der Waals surface area contributed by atoms with Gasteiger partial charge in [-0.3, -0.25) is 14.4 Å². The minimum Gasteiger partial charge on any atom is -0.493 e. The number of amides is 1. The Balaban J connectivity index is 1.48. The number of hydrogen-bond donors (Lipinski definition) is 1. The van der Waals surface area contributed by atoms with Gasteiger partial charge in [0, 0.05) is 35.2 Å². The molecule has 0 spiro atoms. The molecule has 6 heteroatoms. The average molecular weight is 421 g/mol. The van der Waals surface area contributed by atoms with Gasteiger partial charge in [-0.25, -0.2) is 0 Å². The Morgan fingerprint density at radius 1 is 0.903 bits per heavy atom. The molecule has 0 heterocycles. The second kappa shape index (κ2) is 10.1. The Morgan fingerprint density at radius 3 is 2.26 bits per heavy atom. The molecule has 0 saturated carbocycles. The Morgan fingerprint density at radius 2 is 1.58 bits per heavy atom. The van der Waals surface area contributed by atoms with Crippen LogP contribution in [0.1, 0.15) is 52.5 Å². The van der Waals surface area contributed by atoms with Crippen molar-refractivity contribution in [3.63, 3.8) is 0 Å². The SMILES string of the molecule is COc1ccc(CCNC(=O)CCCC2=C(C)C(=O)c3ccccc3C2=O)cc1OC. The Labute approximate surface area is 182 Å². The van der Waals surface area contributed by atoms with Gasteiger partial charge in [0.05, 0.1) is 14.2 Å². The minimum absolute atomic E-state index is 0.0753. The quantitative estimate of drug-likeness (QED) is 0.664. The van der Waals surface area contributed by atoms with Crippen LogP contribution in [0.5, 0.6) is 11.5 Å². The summed E-state index contributed by atoms with van der Waals surface area (Å²) < 4.78 is 10.5. The van der Waals surface area contributed by atoms with Crippen LogP contribution in [0, 0.1) is 0 Å². The number of hydrogen-bond acceptors (Lipinski definition) is 5. The molecule has 2 aromatic rings. The molecule has 0 fully saturated rings. The third kappa shape index (κ3) is 5.02. The molecule has 1 aliphatic rings. The standard InChI is InChI=1S/C25H27NO5/c1-16-18(25(29)20-8-5-4-7-19(20)24(16)28)9-6-10-23(27)26-14-13-17-11-12-21(30-2)22(15-17)31-3/h4-5,7-8,11-12,15H,6,9-10,13-14H2,1-3H3,(H,26,27). The van der Waals surface area contributed by atoms with Crippen LogP contribution in [-0.2, 0) is 11.2 Å².